The lowest BCUT2D eigenvalue weighted by Crippen LogP contribution is -2.41. The second-order valence-corrected chi connectivity index (χ2v) is 5.11. The van der Waals surface area contributed by atoms with Crippen LogP contribution in [0.5, 0.6) is 0 Å². The molecule has 2 rings (SSSR count). The first kappa shape index (κ1) is 13.4. The van der Waals surface area contributed by atoms with E-state index in [1.54, 1.807) is 0 Å². The van der Waals surface area contributed by atoms with Gasteiger partial charge in [0.15, 0.2) is 0 Å². The minimum atomic E-state index is -0.0219. The number of carbonyl (C=O) groups excluding carboxylic acids is 1. The third-order valence-electron chi connectivity index (χ3n) is 3.37. The number of nitrogens with one attached hydrogen (secondary N) is 2. The fourth-order valence-corrected chi connectivity index (χ4v) is 2.42. The first-order valence-electron chi connectivity index (χ1n) is 6.50. The SMILES string of the molecule is CCC(NC(=O)[C@@H]1CCCN1)c1ccc(Cl)cc1. The molecule has 1 fully saturated rings. The summed E-state index contributed by atoms with van der Waals surface area (Å²) in [7, 11) is 0. The predicted octanol–water partition coefficient (Wildman–Crippen LogP) is 2.66. The fourth-order valence-electron chi connectivity index (χ4n) is 2.30. The summed E-state index contributed by atoms with van der Waals surface area (Å²) in [5.41, 5.74) is 1.10. The highest BCUT2D eigenvalue weighted by atomic mass is 35.5. The number of carbonyl (C=O) groups is 1. The van der Waals surface area contributed by atoms with Gasteiger partial charge in [0, 0.05) is 5.02 Å². The van der Waals surface area contributed by atoms with E-state index in [1.807, 2.05) is 24.3 Å². The summed E-state index contributed by atoms with van der Waals surface area (Å²) in [4.78, 5) is 12.1. The van der Waals surface area contributed by atoms with E-state index in [0.717, 1.165) is 36.4 Å². The molecule has 4 heteroatoms. The maximum Gasteiger partial charge on any atom is 0.237 e. The van der Waals surface area contributed by atoms with Crippen LogP contribution in [0.15, 0.2) is 24.3 Å². The van der Waals surface area contributed by atoms with Gasteiger partial charge in [-0.25, -0.2) is 0 Å². The molecule has 0 spiro atoms. The Morgan fingerprint density at radius 1 is 1.50 bits per heavy atom. The van der Waals surface area contributed by atoms with E-state index in [4.69, 9.17) is 11.6 Å². The van der Waals surface area contributed by atoms with Gasteiger partial charge in [0.25, 0.3) is 0 Å². The first-order valence-corrected chi connectivity index (χ1v) is 6.87. The number of benzene rings is 1. The number of hydrogen-bond acceptors (Lipinski definition) is 2. The first-order chi connectivity index (χ1) is 8.70. The molecular weight excluding hydrogens is 248 g/mol. The van der Waals surface area contributed by atoms with E-state index in [1.165, 1.54) is 0 Å². The van der Waals surface area contributed by atoms with Crippen molar-refractivity contribution in [3.63, 3.8) is 0 Å². The summed E-state index contributed by atoms with van der Waals surface area (Å²) in [6, 6.07) is 7.71. The maximum absolute atomic E-state index is 12.1. The molecule has 1 saturated heterocycles. The van der Waals surface area contributed by atoms with E-state index in [0.29, 0.717) is 0 Å². The molecule has 0 saturated carbocycles. The highest BCUT2D eigenvalue weighted by Crippen LogP contribution is 2.19. The Balaban J connectivity index is 2.00. The minimum absolute atomic E-state index is 0.0219. The average molecular weight is 267 g/mol. The van der Waals surface area contributed by atoms with Gasteiger partial charge in [-0.1, -0.05) is 30.7 Å². The summed E-state index contributed by atoms with van der Waals surface area (Å²) < 4.78 is 0. The van der Waals surface area contributed by atoms with Crippen LogP contribution in [-0.2, 0) is 4.79 Å². The summed E-state index contributed by atoms with van der Waals surface area (Å²) in [5, 5.41) is 7.03. The molecule has 1 unspecified atom stereocenters. The van der Waals surface area contributed by atoms with Crippen molar-refractivity contribution in [3.8, 4) is 0 Å². The Morgan fingerprint density at radius 3 is 2.78 bits per heavy atom. The Bertz CT molecular complexity index is 399. The molecule has 1 heterocycles. The van der Waals surface area contributed by atoms with Gasteiger partial charge in [0.1, 0.15) is 0 Å². The summed E-state index contributed by atoms with van der Waals surface area (Å²) in [5.74, 6) is 0.106. The summed E-state index contributed by atoms with van der Waals surface area (Å²) in [6.07, 6.45) is 2.89. The minimum Gasteiger partial charge on any atom is -0.348 e. The number of halogens is 1. The van der Waals surface area contributed by atoms with Gasteiger partial charge in [-0.3, -0.25) is 4.79 Å². The van der Waals surface area contributed by atoms with Crippen molar-refractivity contribution < 1.29 is 4.79 Å². The zero-order valence-electron chi connectivity index (χ0n) is 10.6. The Hall–Kier alpha value is -1.06. The molecule has 1 aromatic carbocycles. The average Bonchev–Trinajstić information content (AvgIpc) is 2.91. The third kappa shape index (κ3) is 3.24. The van der Waals surface area contributed by atoms with Crippen molar-refractivity contribution in [1.82, 2.24) is 10.6 Å². The second kappa shape index (κ2) is 6.21. The number of hydrogen-bond donors (Lipinski definition) is 2. The molecule has 0 aromatic heterocycles. The Kier molecular flexibility index (Phi) is 4.61. The van der Waals surface area contributed by atoms with Crippen molar-refractivity contribution in [2.45, 2.75) is 38.3 Å². The van der Waals surface area contributed by atoms with E-state index in [9.17, 15) is 4.79 Å². The molecule has 1 aliphatic heterocycles. The van der Waals surface area contributed by atoms with E-state index in [2.05, 4.69) is 17.6 Å². The lowest BCUT2D eigenvalue weighted by atomic mass is 10.0. The van der Waals surface area contributed by atoms with Crippen molar-refractivity contribution in [2.75, 3.05) is 6.54 Å². The van der Waals surface area contributed by atoms with Crippen molar-refractivity contribution in [3.05, 3.63) is 34.9 Å². The quantitative estimate of drug-likeness (QED) is 0.880. The van der Waals surface area contributed by atoms with E-state index >= 15 is 0 Å². The van der Waals surface area contributed by atoms with Gasteiger partial charge in [0.05, 0.1) is 12.1 Å². The Morgan fingerprint density at radius 2 is 2.22 bits per heavy atom. The van der Waals surface area contributed by atoms with Crippen LogP contribution in [0, 0.1) is 0 Å². The molecule has 0 bridgehead atoms. The van der Waals surface area contributed by atoms with Crippen molar-refractivity contribution >= 4 is 17.5 Å². The molecule has 2 atom stereocenters. The largest absolute Gasteiger partial charge is 0.348 e. The van der Waals surface area contributed by atoms with Crippen LogP contribution >= 0.6 is 11.6 Å². The summed E-state index contributed by atoms with van der Waals surface area (Å²) in [6.45, 7) is 3.01. The monoisotopic (exact) mass is 266 g/mol. The molecule has 0 aliphatic carbocycles. The second-order valence-electron chi connectivity index (χ2n) is 4.67. The third-order valence-corrected chi connectivity index (χ3v) is 3.63. The van der Waals surface area contributed by atoms with Crippen LogP contribution in [0.1, 0.15) is 37.8 Å². The van der Waals surface area contributed by atoms with Crippen LogP contribution in [0.25, 0.3) is 0 Å². The van der Waals surface area contributed by atoms with Crippen molar-refractivity contribution in [1.29, 1.82) is 0 Å². The number of rotatable bonds is 4. The van der Waals surface area contributed by atoms with Gasteiger partial charge in [-0.15, -0.1) is 0 Å². The number of amides is 1. The van der Waals surface area contributed by atoms with Crippen LogP contribution in [-0.4, -0.2) is 18.5 Å². The molecule has 3 nitrogen and oxygen atoms in total. The van der Waals surface area contributed by atoms with Gasteiger partial charge in [0.2, 0.25) is 5.91 Å². The van der Waals surface area contributed by atoms with Crippen LogP contribution < -0.4 is 10.6 Å². The Labute approximate surface area is 113 Å². The maximum atomic E-state index is 12.1. The highest BCUT2D eigenvalue weighted by molar-refractivity contribution is 6.30. The zero-order chi connectivity index (χ0) is 13.0. The van der Waals surface area contributed by atoms with Crippen LogP contribution in [0.2, 0.25) is 5.02 Å². The van der Waals surface area contributed by atoms with Gasteiger partial charge in [-0.05, 0) is 43.5 Å². The lowest BCUT2D eigenvalue weighted by Gasteiger charge is -2.20. The smallest absolute Gasteiger partial charge is 0.237 e. The van der Waals surface area contributed by atoms with Gasteiger partial charge in [-0.2, -0.15) is 0 Å². The van der Waals surface area contributed by atoms with Gasteiger partial charge >= 0.3 is 0 Å². The molecule has 98 valence electrons. The molecule has 0 radical (unpaired) electrons. The zero-order valence-corrected chi connectivity index (χ0v) is 11.3. The molecule has 1 aromatic rings. The predicted molar refractivity (Wildman–Crippen MR) is 73.7 cm³/mol. The fraction of sp³-hybridized carbons (Fsp3) is 0.500. The van der Waals surface area contributed by atoms with E-state index in [-0.39, 0.29) is 18.0 Å². The topological polar surface area (TPSA) is 41.1 Å². The van der Waals surface area contributed by atoms with Crippen LogP contribution in [0.3, 0.4) is 0 Å². The van der Waals surface area contributed by atoms with Crippen molar-refractivity contribution in [2.24, 2.45) is 0 Å². The standard InChI is InChI=1S/C14H19ClN2O/c1-2-12(10-5-7-11(15)8-6-10)17-14(18)13-4-3-9-16-13/h5-8,12-13,16H,2-4,9H2,1H3,(H,17,18)/t12?,13-/m0/s1. The van der Waals surface area contributed by atoms with Crippen LogP contribution in [0.4, 0.5) is 0 Å². The lowest BCUT2D eigenvalue weighted by molar-refractivity contribution is -0.123. The molecular formula is C14H19ClN2O. The normalized spacial score (nSPS) is 20.7. The summed E-state index contributed by atoms with van der Waals surface area (Å²) >= 11 is 5.87. The molecule has 18 heavy (non-hydrogen) atoms. The molecule has 2 N–H and O–H groups in total. The molecule has 1 amide bonds. The van der Waals surface area contributed by atoms with Gasteiger partial charge < -0.3 is 10.6 Å². The van der Waals surface area contributed by atoms with E-state index < -0.39 is 0 Å². The molecule has 1 aliphatic rings. The highest BCUT2D eigenvalue weighted by Gasteiger charge is 2.24.